The molecule has 2 aliphatic rings. The van der Waals surface area contributed by atoms with Crippen molar-refractivity contribution in [2.75, 3.05) is 18.0 Å². The van der Waals surface area contributed by atoms with Gasteiger partial charge < -0.3 is 4.90 Å². The van der Waals surface area contributed by atoms with Gasteiger partial charge in [0.25, 0.3) is 0 Å². The van der Waals surface area contributed by atoms with Gasteiger partial charge in [-0.15, -0.1) is 11.3 Å². The van der Waals surface area contributed by atoms with Crippen LogP contribution in [0.3, 0.4) is 0 Å². The standard InChI is InChI=1S/C15H18ClN3S/c16-13-12-10-6-2-1-3-7-11(10)20-14(12)18-15(17-13)19-8-4-5-9-19/h1-9H2. The zero-order valence-corrected chi connectivity index (χ0v) is 13.1. The lowest BCUT2D eigenvalue weighted by Crippen LogP contribution is -2.20. The zero-order valence-electron chi connectivity index (χ0n) is 11.5. The maximum absolute atomic E-state index is 6.50. The van der Waals surface area contributed by atoms with E-state index in [1.807, 2.05) is 11.3 Å². The molecule has 0 saturated carbocycles. The summed E-state index contributed by atoms with van der Waals surface area (Å²) < 4.78 is 0. The average molecular weight is 308 g/mol. The lowest BCUT2D eigenvalue weighted by molar-refractivity contribution is 0.713. The van der Waals surface area contributed by atoms with Crippen LogP contribution in [0.4, 0.5) is 5.95 Å². The van der Waals surface area contributed by atoms with E-state index in [2.05, 4.69) is 9.88 Å². The Hall–Kier alpha value is -0.870. The molecule has 2 aromatic heterocycles. The highest BCUT2D eigenvalue weighted by Crippen LogP contribution is 2.38. The van der Waals surface area contributed by atoms with E-state index in [0.29, 0.717) is 5.15 Å². The minimum atomic E-state index is 0.663. The number of anilines is 1. The first-order chi connectivity index (χ1) is 9.83. The second-order valence-electron chi connectivity index (χ2n) is 5.75. The second kappa shape index (κ2) is 5.15. The fourth-order valence-electron chi connectivity index (χ4n) is 3.34. The molecule has 0 amide bonds. The summed E-state index contributed by atoms with van der Waals surface area (Å²) in [6.07, 6.45) is 8.69. The minimum absolute atomic E-state index is 0.663. The molecule has 1 aliphatic carbocycles. The molecule has 1 aliphatic heterocycles. The van der Waals surface area contributed by atoms with Gasteiger partial charge in [0.1, 0.15) is 9.98 Å². The Morgan fingerprint density at radius 3 is 2.60 bits per heavy atom. The molecule has 0 spiro atoms. The fraction of sp³-hybridized carbons (Fsp3) is 0.600. The van der Waals surface area contributed by atoms with E-state index in [-0.39, 0.29) is 0 Å². The monoisotopic (exact) mass is 307 g/mol. The highest BCUT2D eigenvalue weighted by molar-refractivity contribution is 7.19. The fourth-order valence-corrected chi connectivity index (χ4v) is 4.93. The van der Waals surface area contributed by atoms with Crippen LogP contribution in [-0.4, -0.2) is 23.1 Å². The smallest absolute Gasteiger partial charge is 0.228 e. The maximum Gasteiger partial charge on any atom is 0.228 e. The van der Waals surface area contributed by atoms with Crippen molar-refractivity contribution in [2.45, 2.75) is 44.9 Å². The lowest BCUT2D eigenvalue weighted by atomic mass is 10.1. The molecule has 0 unspecified atom stereocenters. The summed E-state index contributed by atoms with van der Waals surface area (Å²) in [5, 5.41) is 1.80. The summed E-state index contributed by atoms with van der Waals surface area (Å²) in [4.78, 5) is 14.2. The molecule has 1 fully saturated rings. The molecule has 3 heterocycles. The summed E-state index contributed by atoms with van der Waals surface area (Å²) in [5.41, 5.74) is 1.43. The average Bonchev–Trinajstić information content (AvgIpc) is 3.02. The number of aryl methyl sites for hydroxylation is 2. The molecule has 2 aromatic rings. The van der Waals surface area contributed by atoms with Gasteiger partial charge in [-0.05, 0) is 44.1 Å². The Morgan fingerprint density at radius 1 is 0.950 bits per heavy atom. The van der Waals surface area contributed by atoms with Crippen molar-refractivity contribution in [1.82, 2.24) is 9.97 Å². The highest BCUT2D eigenvalue weighted by atomic mass is 35.5. The molecule has 20 heavy (non-hydrogen) atoms. The number of aromatic nitrogens is 2. The summed E-state index contributed by atoms with van der Waals surface area (Å²) in [6, 6.07) is 0. The Morgan fingerprint density at radius 2 is 1.75 bits per heavy atom. The van der Waals surface area contributed by atoms with E-state index < -0.39 is 0 Å². The number of rotatable bonds is 1. The molecule has 0 bridgehead atoms. The van der Waals surface area contributed by atoms with Crippen molar-refractivity contribution < 1.29 is 0 Å². The molecule has 1 saturated heterocycles. The van der Waals surface area contributed by atoms with Crippen LogP contribution in [0.2, 0.25) is 5.15 Å². The predicted octanol–water partition coefficient (Wildman–Crippen LogP) is 4.21. The number of thiophene rings is 1. The van der Waals surface area contributed by atoms with Gasteiger partial charge in [0, 0.05) is 18.0 Å². The molecule has 4 rings (SSSR count). The Bertz CT molecular complexity index is 646. The molecule has 0 N–H and O–H groups in total. The van der Waals surface area contributed by atoms with Crippen LogP contribution in [0.1, 0.15) is 42.5 Å². The predicted molar refractivity (Wildman–Crippen MR) is 85.1 cm³/mol. The van der Waals surface area contributed by atoms with Gasteiger partial charge >= 0.3 is 0 Å². The van der Waals surface area contributed by atoms with Crippen LogP contribution in [0.15, 0.2) is 0 Å². The van der Waals surface area contributed by atoms with Crippen molar-refractivity contribution >= 4 is 39.1 Å². The van der Waals surface area contributed by atoms with E-state index in [1.54, 1.807) is 0 Å². The maximum atomic E-state index is 6.50. The first kappa shape index (κ1) is 12.8. The van der Waals surface area contributed by atoms with Gasteiger partial charge in [0.15, 0.2) is 0 Å². The third-order valence-corrected chi connectivity index (χ3v) is 5.86. The van der Waals surface area contributed by atoms with E-state index in [1.165, 1.54) is 49.0 Å². The first-order valence-corrected chi connectivity index (χ1v) is 8.75. The largest absolute Gasteiger partial charge is 0.341 e. The van der Waals surface area contributed by atoms with Crippen molar-refractivity contribution in [1.29, 1.82) is 0 Å². The molecule has 106 valence electrons. The van der Waals surface area contributed by atoms with Gasteiger partial charge in [-0.25, -0.2) is 9.97 Å². The highest BCUT2D eigenvalue weighted by Gasteiger charge is 2.22. The Kier molecular flexibility index (Phi) is 3.31. The second-order valence-corrected chi connectivity index (χ2v) is 7.19. The Balaban J connectivity index is 1.84. The van der Waals surface area contributed by atoms with Gasteiger partial charge in [-0.1, -0.05) is 18.0 Å². The number of halogens is 1. The topological polar surface area (TPSA) is 29.0 Å². The molecule has 0 radical (unpaired) electrons. The summed E-state index contributed by atoms with van der Waals surface area (Å²) in [6.45, 7) is 2.12. The van der Waals surface area contributed by atoms with Gasteiger partial charge in [-0.2, -0.15) is 0 Å². The number of nitrogens with zero attached hydrogens (tertiary/aromatic N) is 3. The first-order valence-electron chi connectivity index (χ1n) is 7.55. The molecular weight excluding hydrogens is 290 g/mol. The normalized spacial score (nSPS) is 19.4. The van der Waals surface area contributed by atoms with E-state index in [9.17, 15) is 0 Å². The van der Waals surface area contributed by atoms with E-state index in [4.69, 9.17) is 16.6 Å². The lowest BCUT2D eigenvalue weighted by Gasteiger charge is -2.15. The number of fused-ring (bicyclic) bond motifs is 3. The van der Waals surface area contributed by atoms with E-state index >= 15 is 0 Å². The SMILES string of the molecule is Clc1nc(N2CCCC2)nc2sc3c(c12)CCCCC3. The van der Waals surface area contributed by atoms with Gasteiger partial charge in [0.2, 0.25) is 5.95 Å². The summed E-state index contributed by atoms with van der Waals surface area (Å²) >= 11 is 8.34. The third-order valence-electron chi connectivity index (χ3n) is 4.40. The number of hydrogen-bond acceptors (Lipinski definition) is 4. The van der Waals surface area contributed by atoms with Crippen LogP contribution < -0.4 is 4.90 Å². The van der Waals surface area contributed by atoms with Crippen molar-refractivity contribution in [3.8, 4) is 0 Å². The third kappa shape index (κ3) is 2.09. The van der Waals surface area contributed by atoms with Gasteiger partial charge in [0.05, 0.1) is 5.39 Å². The Labute approximate surface area is 128 Å². The minimum Gasteiger partial charge on any atom is -0.341 e. The quantitative estimate of drug-likeness (QED) is 0.583. The molecule has 5 heteroatoms. The van der Waals surface area contributed by atoms with Gasteiger partial charge in [-0.3, -0.25) is 0 Å². The van der Waals surface area contributed by atoms with Crippen LogP contribution in [0, 0.1) is 0 Å². The molecular formula is C15H18ClN3S. The molecule has 0 atom stereocenters. The molecule has 0 aromatic carbocycles. The summed E-state index contributed by atoms with van der Waals surface area (Å²) in [5.74, 6) is 0.830. The van der Waals surface area contributed by atoms with Crippen molar-refractivity contribution in [3.63, 3.8) is 0 Å². The van der Waals surface area contributed by atoms with Crippen LogP contribution in [0.25, 0.3) is 10.2 Å². The van der Waals surface area contributed by atoms with E-state index in [0.717, 1.165) is 35.7 Å². The zero-order chi connectivity index (χ0) is 13.5. The van der Waals surface area contributed by atoms with Crippen LogP contribution in [0.5, 0.6) is 0 Å². The molecule has 3 nitrogen and oxygen atoms in total. The van der Waals surface area contributed by atoms with Crippen LogP contribution >= 0.6 is 22.9 Å². The van der Waals surface area contributed by atoms with Crippen molar-refractivity contribution in [3.05, 3.63) is 15.6 Å². The summed E-state index contributed by atoms with van der Waals surface area (Å²) in [7, 11) is 0. The van der Waals surface area contributed by atoms with Crippen molar-refractivity contribution in [2.24, 2.45) is 0 Å². The van der Waals surface area contributed by atoms with Crippen LogP contribution in [-0.2, 0) is 12.8 Å². The number of hydrogen-bond donors (Lipinski definition) is 0.